The van der Waals surface area contributed by atoms with Crippen molar-refractivity contribution in [3.63, 3.8) is 0 Å². The van der Waals surface area contributed by atoms with Crippen LogP contribution >= 0.6 is 0 Å². The van der Waals surface area contributed by atoms with E-state index in [0.717, 1.165) is 28.6 Å². The molecule has 3 nitrogen and oxygen atoms in total. The molecule has 0 bridgehead atoms. The lowest BCUT2D eigenvalue weighted by atomic mass is 10.1. The second kappa shape index (κ2) is 4.48. The van der Waals surface area contributed by atoms with Gasteiger partial charge in [-0.1, -0.05) is 25.5 Å². The lowest BCUT2D eigenvalue weighted by Crippen LogP contribution is -2.12. The SMILES string of the molecule is Cc1ccc2c(c1)c(C)c(C(=O)O)n2CC(C)C. The molecule has 0 atom stereocenters. The maximum atomic E-state index is 11.5. The molecule has 0 spiro atoms. The Hall–Kier alpha value is -1.77. The third kappa shape index (κ3) is 2.01. The van der Waals surface area contributed by atoms with Gasteiger partial charge in [0.15, 0.2) is 0 Å². The third-order valence-electron chi connectivity index (χ3n) is 3.22. The van der Waals surface area contributed by atoms with Crippen molar-refractivity contribution in [1.82, 2.24) is 4.57 Å². The summed E-state index contributed by atoms with van der Waals surface area (Å²) in [6.45, 7) is 8.85. The number of fused-ring (bicyclic) bond motifs is 1. The van der Waals surface area contributed by atoms with E-state index in [2.05, 4.69) is 19.9 Å². The molecule has 0 unspecified atom stereocenters. The maximum Gasteiger partial charge on any atom is 0.352 e. The standard InChI is InChI=1S/C15H19NO2/c1-9(2)8-16-13-6-5-10(3)7-12(13)11(4)14(16)15(17)18/h5-7,9H,8H2,1-4H3,(H,17,18). The minimum atomic E-state index is -0.845. The number of benzene rings is 1. The summed E-state index contributed by atoms with van der Waals surface area (Å²) in [4.78, 5) is 11.5. The summed E-state index contributed by atoms with van der Waals surface area (Å²) in [6.07, 6.45) is 0. The van der Waals surface area contributed by atoms with Crippen molar-refractivity contribution in [3.05, 3.63) is 35.0 Å². The Morgan fingerprint density at radius 3 is 2.56 bits per heavy atom. The first kappa shape index (κ1) is 12.7. The quantitative estimate of drug-likeness (QED) is 0.897. The zero-order valence-electron chi connectivity index (χ0n) is 11.3. The Morgan fingerprint density at radius 2 is 2.00 bits per heavy atom. The largest absolute Gasteiger partial charge is 0.477 e. The average molecular weight is 245 g/mol. The smallest absolute Gasteiger partial charge is 0.352 e. The lowest BCUT2D eigenvalue weighted by molar-refractivity contribution is 0.0684. The van der Waals surface area contributed by atoms with Crippen LogP contribution in [0.5, 0.6) is 0 Å². The number of rotatable bonds is 3. The first-order chi connectivity index (χ1) is 8.41. The molecule has 0 amide bonds. The van der Waals surface area contributed by atoms with E-state index in [0.29, 0.717) is 11.6 Å². The van der Waals surface area contributed by atoms with Crippen LogP contribution in [0.2, 0.25) is 0 Å². The highest BCUT2D eigenvalue weighted by Crippen LogP contribution is 2.27. The van der Waals surface area contributed by atoms with Crippen molar-refractivity contribution >= 4 is 16.9 Å². The van der Waals surface area contributed by atoms with Gasteiger partial charge in [-0.05, 0) is 37.5 Å². The van der Waals surface area contributed by atoms with Crippen molar-refractivity contribution in [2.45, 2.75) is 34.2 Å². The van der Waals surface area contributed by atoms with Gasteiger partial charge in [-0.3, -0.25) is 0 Å². The summed E-state index contributed by atoms with van der Waals surface area (Å²) in [5.74, 6) is -0.429. The first-order valence-electron chi connectivity index (χ1n) is 6.24. The number of hydrogen-bond donors (Lipinski definition) is 1. The molecule has 0 aliphatic heterocycles. The minimum Gasteiger partial charge on any atom is -0.477 e. The number of aromatic carboxylic acids is 1. The van der Waals surface area contributed by atoms with Crippen LogP contribution < -0.4 is 0 Å². The molecule has 0 aliphatic carbocycles. The van der Waals surface area contributed by atoms with Crippen molar-refractivity contribution < 1.29 is 9.90 Å². The van der Waals surface area contributed by atoms with Gasteiger partial charge in [0.05, 0.1) is 0 Å². The molecule has 0 saturated carbocycles. The van der Waals surface area contributed by atoms with Crippen LogP contribution in [0.25, 0.3) is 10.9 Å². The van der Waals surface area contributed by atoms with Gasteiger partial charge in [0, 0.05) is 17.4 Å². The summed E-state index contributed by atoms with van der Waals surface area (Å²) in [5.41, 5.74) is 3.46. The van der Waals surface area contributed by atoms with Gasteiger partial charge in [-0.25, -0.2) is 4.79 Å². The van der Waals surface area contributed by atoms with Crippen LogP contribution in [0.4, 0.5) is 0 Å². The maximum absolute atomic E-state index is 11.5. The zero-order chi connectivity index (χ0) is 13.4. The molecule has 0 aliphatic rings. The first-order valence-corrected chi connectivity index (χ1v) is 6.24. The van der Waals surface area contributed by atoms with Gasteiger partial charge in [-0.2, -0.15) is 0 Å². The molecule has 1 aromatic carbocycles. The number of aryl methyl sites for hydroxylation is 2. The van der Waals surface area contributed by atoms with Gasteiger partial charge in [0.2, 0.25) is 0 Å². The fraction of sp³-hybridized carbons (Fsp3) is 0.400. The number of nitrogens with zero attached hydrogens (tertiary/aromatic N) is 1. The minimum absolute atomic E-state index is 0.416. The third-order valence-corrected chi connectivity index (χ3v) is 3.22. The normalized spacial score (nSPS) is 11.4. The van der Waals surface area contributed by atoms with E-state index < -0.39 is 5.97 Å². The Labute approximate surface area is 107 Å². The Kier molecular flexibility index (Phi) is 3.16. The second-order valence-corrected chi connectivity index (χ2v) is 5.30. The van der Waals surface area contributed by atoms with Gasteiger partial charge in [0.1, 0.15) is 5.69 Å². The van der Waals surface area contributed by atoms with Gasteiger partial charge in [-0.15, -0.1) is 0 Å². The molecule has 2 aromatic rings. The van der Waals surface area contributed by atoms with E-state index in [-0.39, 0.29) is 0 Å². The predicted molar refractivity (Wildman–Crippen MR) is 73.2 cm³/mol. The van der Waals surface area contributed by atoms with Crippen molar-refractivity contribution in [2.24, 2.45) is 5.92 Å². The van der Waals surface area contributed by atoms with E-state index in [1.807, 2.05) is 30.5 Å². The van der Waals surface area contributed by atoms with Gasteiger partial charge < -0.3 is 9.67 Å². The molecule has 96 valence electrons. The van der Waals surface area contributed by atoms with Gasteiger partial charge >= 0.3 is 5.97 Å². The highest BCUT2D eigenvalue weighted by atomic mass is 16.4. The fourth-order valence-electron chi connectivity index (χ4n) is 2.47. The van der Waals surface area contributed by atoms with Crippen LogP contribution in [0, 0.1) is 19.8 Å². The molecule has 3 heteroatoms. The summed E-state index contributed by atoms with van der Waals surface area (Å²) in [5, 5.41) is 10.5. The molecular formula is C15H19NO2. The van der Waals surface area contributed by atoms with Crippen molar-refractivity contribution in [3.8, 4) is 0 Å². The van der Waals surface area contributed by atoms with Crippen molar-refractivity contribution in [2.75, 3.05) is 0 Å². The second-order valence-electron chi connectivity index (χ2n) is 5.30. The molecule has 2 rings (SSSR count). The van der Waals surface area contributed by atoms with E-state index in [9.17, 15) is 9.90 Å². The van der Waals surface area contributed by atoms with Gasteiger partial charge in [0.25, 0.3) is 0 Å². The highest BCUT2D eigenvalue weighted by molar-refractivity contribution is 5.98. The van der Waals surface area contributed by atoms with E-state index in [1.165, 1.54) is 0 Å². The Morgan fingerprint density at radius 1 is 1.33 bits per heavy atom. The van der Waals surface area contributed by atoms with E-state index in [4.69, 9.17) is 0 Å². The number of carboxylic acids is 1. The topological polar surface area (TPSA) is 42.2 Å². The molecule has 0 fully saturated rings. The van der Waals surface area contributed by atoms with Crippen molar-refractivity contribution in [1.29, 1.82) is 0 Å². The Balaban J connectivity index is 2.79. The summed E-state index contributed by atoms with van der Waals surface area (Å²) < 4.78 is 1.93. The number of hydrogen-bond acceptors (Lipinski definition) is 1. The summed E-state index contributed by atoms with van der Waals surface area (Å²) in [6, 6.07) is 6.12. The number of carboxylic acid groups (broad SMARTS) is 1. The monoisotopic (exact) mass is 245 g/mol. The van der Waals surface area contributed by atoms with E-state index in [1.54, 1.807) is 0 Å². The molecule has 18 heavy (non-hydrogen) atoms. The highest BCUT2D eigenvalue weighted by Gasteiger charge is 2.19. The van der Waals surface area contributed by atoms with E-state index >= 15 is 0 Å². The predicted octanol–water partition coefficient (Wildman–Crippen LogP) is 3.61. The van der Waals surface area contributed by atoms with Crippen LogP contribution in [0.1, 0.15) is 35.5 Å². The van der Waals surface area contributed by atoms with Crippen LogP contribution in [-0.4, -0.2) is 15.6 Å². The molecule has 0 saturated heterocycles. The number of carbonyl (C=O) groups is 1. The molecule has 1 aromatic heterocycles. The molecule has 0 radical (unpaired) electrons. The average Bonchev–Trinajstić information content (AvgIpc) is 2.51. The molecule has 1 heterocycles. The van der Waals surface area contributed by atoms with Crippen LogP contribution in [0.3, 0.4) is 0 Å². The summed E-state index contributed by atoms with van der Waals surface area (Å²) >= 11 is 0. The lowest BCUT2D eigenvalue weighted by Gasteiger charge is -2.11. The summed E-state index contributed by atoms with van der Waals surface area (Å²) in [7, 11) is 0. The number of aromatic nitrogens is 1. The molecular weight excluding hydrogens is 226 g/mol. The van der Waals surface area contributed by atoms with Crippen LogP contribution in [0.15, 0.2) is 18.2 Å². The fourth-order valence-corrected chi connectivity index (χ4v) is 2.47. The Bertz CT molecular complexity index is 608. The van der Waals surface area contributed by atoms with Crippen LogP contribution in [-0.2, 0) is 6.54 Å². The zero-order valence-corrected chi connectivity index (χ0v) is 11.3. The molecule has 1 N–H and O–H groups in total.